The lowest BCUT2D eigenvalue weighted by Gasteiger charge is -2.14. The highest BCUT2D eigenvalue weighted by atomic mass is 32.1. The molecular formula is C22H22N4S. The molecule has 0 amide bonds. The van der Waals surface area contributed by atoms with Gasteiger partial charge >= 0.3 is 0 Å². The number of para-hydroxylation sites is 1. The van der Waals surface area contributed by atoms with Gasteiger partial charge in [-0.25, -0.2) is 4.98 Å². The molecule has 2 heterocycles. The molecule has 0 unspecified atom stereocenters. The molecule has 27 heavy (non-hydrogen) atoms. The molecule has 136 valence electrons. The zero-order valence-corrected chi connectivity index (χ0v) is 16.8. The van der Waals surface area contributed by atoms with Gasteiger partial charge in [-0.3, -0.25) is 5.43 Å². The molecule has 0 saturated heterocycles. The van der Waals surface area contributed by atoms with Crippen molar-refractivity contribution in [3.8, 4) is 5.69 Å². The Bertz CT molecular complexity index is 1120. The first-order valence-electron chi connectivity index (χ1n) is 8.95. The van der Waals surface area contributed by atoms with Crippen LogP contribution in [0.5, 0.6) is 0 Å². The number of hydrogen-bond acceptors (Lipinski definition) is 4. The molecule has 0 aliphatic rings. The fourth-order valence-corrected chi connectivity index (χ4v) is 4.16. The fraction of sp³-hybridized carbons (Fsp3) is 0.182. The first-order valence-corrected chi connectivity index (χ1v) is 9.76. The summed E-state index contributed by atoms with van der Waals surface area (Å²) in [4.78, 5) is 4.55. The van der Waals surface area contributed by atoms with Crippen LogP contribution in [0.15, 0.2) is 53.6 Å². The highest BCUT2D eigenvalue weighted by molar-refractivity contribution is 7.22. The lowest BCUT2D eigenvalue weighted by Crippen LogP contribution is -2.03. The van der Waals surface area contributed by atoms with Gasteiger partial charge in [0.15, 0.2) is 0 Å². The van der Waals surface area contributed by atoms with E-state index in [4.69, 9.17) is 0 Å². The molecule has 0 bridgehead atoms. The highest BCUT2D eigenvalue weighted by Gasteiger charge is 2.12. The maximum Gasteiger partial charge on any atom is 0.204 e. The Hall–Kier alpha value is -2.92. The van der Waals surface area contributed by atoms with Crippen molar-refractivity contribution in [3.63, 3.8) is 0 Å². The minimum atomic E-state index is 0.802. The Morgan fingerprint density at radius 2 is 1.85 bits per heavy atom. The van der Waals surface area contributed by atoms with Gasteiger partial charge in [-0.05, 0) is 63.1 Å². The van der Waals surface area contributed by atoms with Crippen LogP contribution in [0, 0.1) is 27.7 Å². The molecule has 2 aromatic carbocycles. The third kappa shape index (κ3) is 3.26. The second kappa shape index (κ2) is 7.00. The number of thiazole rings is 1. The van der Waals surface area contributed by atoms with E-state index in [2.05, 4.69) is 78.1 Å². The minimum absolute atomic E-state index is 0.802. The van der Waals surface area contributed by atoms with E-state index in [1.54, 1.807) is 11.3 Å². The van der Waals surface area contributed by atoms with Crippen LogP contribution in [0.25, 0.3) is 15.9 Å². The number of aryl methyl sites for hydroxylation is 2. The van der Waals surface area contributed by atoms with Crippen LogP contribution >= 0.6 is 11.3 Å². The normalized spacial score (nSPS) is 11.6. The van der Waals surface area contributed by atoms with E-state index in [0.717, 1.165) is 20.9 Å². The summed E-state index contributed by atoms with van der Waals surface area (Å²) in [6, 6.07) is 16.7. The van der Waals surface area contributed by atoms with E-state index in [9.17, 15) is 0 Å². The number of nitrogens with zero attached hydrogens (tertiary/aromatic N) is 3. The van der Waals surface area contributed by atoms with Crippen molar-refractivity contribution in [2.24, 2.45) is 5.10 Å². The monoisotopic (exact) mass is 374 g/mol. The van der Waals surface area contributed by atoms with E-state index in [0.29, 0.717) is 0 Å². The molecule has 4 nitrogen and oxygen atoms in total. The zero-order valence-electron chi connectivity index (χ0n) is 15.9. The van der Waals surface area contributed by atoms with Crippen LogP contribution in [-0.2, 0) is 0 Å². The number of hydrogen-bond donors (Lipinski definition) is 1. The third-order valence-electron chi connectivity index (χ3n) is 4.94. The SMILES string of the molecule is Cc1cccc(-n2c(C)cc(C=NNc3nc4ccccc4s3)c2C)c1C. The molecule has 2 aromatic heterocycles. The van der Waals surface area contributed by atoms with Gasteiger partial charge in [0.25, 0.3) is 0 Å². The molecule has 0 fully saturated rings. The standard InChI is InChI=1S/C22H22N4S/c1-14-8-7-10-20(16(14)3)26-15(2)12-18(17(26)4)13-23-25-22-24-19-9-5-6-11-21(19)27-22/h5-13H,1-4H3,(H,24,25). The lowest BCUT2D eigenvalue weighted by atomic mass is 10.1. The summed E-state index contributed by atoms with van der Waals surface area (Å²) in [5.74, 6) is 0. The average molecular weight is 375 g/mol. The summed E-state index contributed by atoms with van der Waals surface area (Å²) in [7, 11) is 0. The lowest BCUT2D eigenvalue weighted by molar-refractivity contribution is 0.950. The number of aromatic nitrogens is 2. The van der Waals surface area contributed by atoms with Crippen LogP contribution in [0.3, 0.4) is 0 Å². The van der Waals surface area contributed by atoms with Crippen LogP contribution in [0.1, 0.15) is 28.1 Å². The van der Waals surface area contributed by atoms with Gasteiger partial charge in [0, 0.05) is 22.6 Å². The van der Waals surface area contributed by atoms with Crippen molar-refractivity contribution >= 4 is 32.9 Å². The fourth-order valence-electron chi connectivity index (χ4n) is 3.34. The molecule has 0 aliphatic carbocycles. The van der Waals surface area contributed by atoms with Crippen molar-refractivity contribution < 1.29 is 0 Å². The van der Waals surface area contributed by atoms with Gasteiger partial charge in [0.05, 0.1) is 16.4 Å². The maximum absolute atomic E-state index is 4.55. The van der Waals surface area contributed by atoms with Crippen molar-refractivity contribution in [2.45, 2.75) is 27.7 Å². The van der Waals surface area contributed by atoms with Crippen LogP contribution in [0.2, 0.25) is 0 Å². The maximum atomic E-state index is 4.55. The second-order valence-electron chi connectivity index (χ2n) is 6.74. The van der Waals surface area contributed by atoms with Gasteiger partial charge < -0.3 is 4.57 Å². The van der Waals surface area contributed by atoms with Gasteiger partial charge in [-0.15, -0.1) is 0 Å². The van der Waals surface area contributed by atoms with E-state index in [-0.39, 0.29) is 0 Å². The van der Waals surface area contributed by atoms with Gasteiger partial charge in [0.1, 0.15) is 0 Å². The minimum Gasteiger partial charge on any atom is -0.318 e. The summed E-state index contributed by atoms with van der Waals surface area (Å²) in [5, 5.41) is 5.22. The highest BCUT2D eigenvalue weighted by Crippen LogP contribution is 2.26. The van der Waals surface area contributed by atoms with Crippen molar-refractivity contribution in [1.29, 1.82) is 0 Å². The first-order chi connectivity index (χ1) is 13.0. The molecule has 4 aromatic rings. The number of nitrogens with one attached hydrogen (secondary N) is 1. The number of anilines is 1. The average Bonchev–Trinajstić information content (AvgIpc) is 3.18. The summed E-state index contributed by atoms with van der Waals surface area (Å²) in [5.41, 5.74) is 11.4. The Balaban J connectivity index is 1.61. The first kappa shape index (κ1) is 17.5. The van der Waals surface area contributed by atoms with Crippen molar-refractivity contribution in [1.82, 2.24) is 9.55 Å². The molecule has 1 N–H and O–H groups in total. The molecule has 4 rings (SSSR count). The Kier molecular flexibility index (Phi) is 4.54. The predicted molar refractivity (Wildman–Crippen MR) is 116 cm³/mol. The Morgan fingerprint density at radius 1 is 1.04 bits per heavy atom. The summed E-state index contributed by atoms with van der Waals surface area (Å²) < 4.78 is 3.45. The summed E-state index contributed by atoms with van der Waals surface area (Å²) >= 11 is 1.60. The molecule has 0 spiro atoms. The van der Waals surface area contributed by atoms with E-state index < -0.39 is 0 Å². The van der Waals surface area contributed by atoms with Crippen LogP contribution in [-0.4, -0.2) is 15.8 Å². The number of rotatable bonds is 4. The number of fused-ring (bicyclic) bond motifs is 1. The molecule has 0 atom stereocenters. The third-order valence-corrected chi connectivity index (χ3v) is 5.89. The Morgan fingerprint density at radius 3 is 2.67 bits per heavy atom. The quantitative estimate of drug-likeness (QED) is 0.364. The zero-order chi connectivity index (χ0) is 19.0. The van der Waals surface area contributed by atoms with Crippen LogP contribution in [0.4, 0.5) is 5.13 Å². The summed E-state index contributed by atoms with van der Waals surface area (Å²) in [6.45, 7) is 8.59. The van der Waals surface area contributed by atoms with E-state index >= 15 is 0 Å². The van der Waals surface area contributed by atoms with Crippen molar-refractivity contribution in [2.75, 3.05) is 5.43 Å². The largest absolute Gasteiger partial charge is 0.318 e. The van der Waals surface area contributed by atoms with E-state index in [1.165, 1.54) is 28.2 Å². The number of benzene rings is 2. The number of hydrazone groups is 1. The van der Waals surface area contributed by atoms with Crippen molar-refractivity contribution in [3.05, 3.63) is 76.6 Å². The summed E-state index contributed by atoms with van der Waals surface area (Å²) in [6.07, 6.45) is 1.87. The Labute approximate surface area is 163 Å². The van der Waals surface area contributed by atoms with Gasteiger partial charge in [0.2, 0.25) is 5.13 Å². The second-order valence-corrected chi connectivity index (χ2v) is 7.77. The predicted octanol–water partition coefficient (Wildman–Crippen LogP) is 5.77. The molecule has 0 saturated carbocycles. The molecule has 0 radical (unpaired) electrons. The van der Waals surface area contributed by atoms with Gasteiger partial charge in [-0.2, -0.15) is 5.10 Å². The van der Waals surface area contributed by atoms with E-state index in [1.807, 2.05) is 24.4 Å². The van der Waals surface area contributed by atoms with Gasteiger partial charge in [-0.1, -0.05) is 35.6 Å². The molecule has 5 heteroatoms. The molecular weight excluding hydrogens is 352 g/mol. The van der Waals surface area contributed by atoms with Crippen LogP contribution < -0.4 is 5.43 Å². The topological polar surface area (TPSA) is 42.2 Å². The molecule has 0 aliphatic heterocycles. The smallest absolute Gasteiger partial charge is 0.204 e.